The zero-order chi connectivity index (χ0) is 12.0. The summed E-state index contributed by atoms with van der Waals surface area (Å²) in [6.45, 7) is 3.80. The molecule has 0 saturated heterocycles. The lowest BCUT2D eigenvalue weighted by molar-refractivity contribution is -0.121. The molecule has 86 valence electrons. The second-order valence-corrected chi connectivity index (χ2v) is 3.93. The molecule has 0 atom stereocenters. The van der Waals surface area contributed by atoms with Crippen molar-refractivity contribution in [1.29, 1.82) is 0 Å². The Morgan fingerprint density at radius 2 is 2.00 bits per heavy atom. The largest absolute Gasteiger partial charge is 0.273 e. The van der Waals surface area contributed by atoms with Gasteiger partial charge in [-0.1, -0.05) is 30.7 Å². The first kappa shape index (κ1) is 12.7. The number of carbonyl (C=O) groups excluding carboxylic acids is 1. The fraction of sp³-hybridized carbons (Fsp3) is 0.333. The summed E-state index contributed by atoms with van der Waals surface area (Å²) in [4.78, 5) is 11.2. The molecule has 1 N–H and O–H groups in total. The normalized spacial score (nSPS) is 11.3. The third kappa shape index (κ3) is 4.03. The van der Waals surface area contributed by atoms with Crippen LogP contribution in [-0.4, -0.2) is 11.6 Å². The summed E-state index contributed by atoms with van der Waals surface area (Å²) in [6, 6.07) is 7.33. The number of hydrazone groups is 1. The van der Waals surface area contributed by atoms with Gasteiger partial charge in [-0.25, -0.2) is 5.43 Å². The van der Waals surface area contributed by atoms with Crippen LogP contribution in [0.3, 0.4) is 0 Å². The summed E-state index contributed by atoms with van der Waals surface area (Å²) in [5.74, 6) is -0.0594. The number of hydrogen-bond acceptors (Lipinski definition) is 2. The molecule has 4 heteroatoms. The molecule has 1 aromatic rings. The molecule has 1 amide bonds. The van der Waals surface area contributed by atoms with Crippen LogP contribution in [0.2, 0.25) is 5.02 Å². The van der Waals surface area contributed by atoms with E-state index >= 15 is 0 Å². The minimum Gasteiger partial charge on any atom is -0.273 e. The number of hydrogen-bond donors (Lipinski definition) is 1. The van der Waals surface area contributed by atoms with E-state index in [2.05, 4.69) is 10.5 Å². The fourth-order valence-electron chi connectivity index (χ4n) is 1.18. The van der Waals surface area contributed by atoms with Crippen LogP contribution in [0.1, 0.15) is 32.3 Å². The standard InChI is InChI=1S/C12H15ClN2O/c1-3-4-12(16)15-14-9(2)10-5-7-11(13)8-6-10/h5-8H,3-4H2,1-2H3,(H,15,16)/b14-9+. The summed E-state index contributed by atoms with van der Waals surface area (Å²) in [5, 5.41) is 4.70. The van der Waals surface area contributed by atoms with Crippen molar-refractivity contribution in [1.82, 2.24) is 5.43 Å². The highest BCUT2D eigenvalue weighted by atomic mass is 35.5. The van der Waals surface area contributed by atoms with Crippen molar-refractivity contribution in [3.63, 3.8) is 0 Å². The highest BCUT2D eigenvalue weighted by molar-refractivity contribution is 6.30. The quantitative estimate of drug-likeness (QED) is 0.636. The number of benzene rings is 1. The lowest BCUT2D eigenvalue weighted by Gasteiger charge is -2.02. The average Bonchev–Trinajstić information content (AvgIpc) is 2.27. The molecule has 0 aliphatic rings. The van der Waals surface area contributed by atoms with Crippen LogP contribution in [0.25, 0.3) is 0 Å². The summed E-state index contributed by atoms with van der Waals surface area (Å²) in [7, 11) is 0. The van der Waals surface area contributed by atoms with Crippen molar-refractivity contribution in [2.75, 3.05) is 0 Å². The molecule has 3 nitrogen and oxygen atoms in total. The Balaban J connectivity index is 2.63. The number of amides is 1. The zero-order valence-electron chi connectivity index (χ0n) is 9.46. The Morgan fingerprint density at radius 3 is 2.56 bits per heavy atom. The lowest BCUT2D eigenvalue weighted by Crippen LogP contribution is -2.18. The van der Waals surface area contributed by atoms with Crippen molar-refractivity contribution in [3.05, 3.63) is 34.9 Å². The van der Waals surface area contributed by atoms with Gasteiger partial charge in [-0.05, 0) is 31.0 Å². The monoisotopic (exact) mass is 238 g/mol. The predicted octanol–water partition coefficient (Wildman–Crippen LogP) is 2.98. The third-order valence-corrected chi connectivity index (χ3v) is 2.34. The van der Waals surface area contributed by atoms with E-state index in [1.807, 2.05) is 26.0 Å². The highest BCUT2D eigenvalue weighted by Gasteiger charge is 1.99. The second-order valence-electron chi connectivity index (χ2n) is 3.49. The average molecular weight is 239 g/mol. The van der Waals surface area contributed by atoms with Crippen molar-refractivity contribution in [2.45, 2.75) is 26.7 Å². The molecule has 1 aromatic carbocycles. The maximum absolute atomic E-state index is 11.2. The second kappa shape index (κ2) is 6.28. The molecule has 1 rings (SSSR count). The summed E-state index contributed by atoms with van der Waals surface area (Å²) >= 11 is 5.78. The summed E-state index contributed by atoms with van der Waals surface area (Å²) in [6.07, 6.45) is 1.32. The van der Waals surface area contributed by atoms with E-state index in [9.17, 15) is 4.79 Å². The van der Waals surface area contributed by atoms with Gasteiger partial charge < -0.3 is 0 Å². The molecule has 16 heavy (non-hydrogen) atoms. The number of nitrogens with one attached hydrogen (secondary N) is 1. The third-order valence-electron chi connectivity index (χ3n) is 2.09. The van der Waals surface area contributed by atoms with E-state index in [1.54, 1.807) is 12.1 Å². The molecule has 0 unspecified atom stereocenters. The van der Waals surface area contributed by atoms with E-state index in [-0.39, 0.29) is 5.91 Å². The molecular weight excluding hydrogens is 224 g/mol. The SMILES string of the molecule is CCCC(=O)N/N=C(\C)c1ccc(Cl)cc1. The number of nitrogens with zero attached hydrogens (tertiary/aromatic N) is 1. The van der Waals surface area contributed by atoms with Gasteiger partial charge in [0.25, 0.3) is 0 Å². The molecule has 0 heterocycles. The van der Waals surface area contributed by atoms with Crippen LogP contribution in [0, 0.1) is 0 Å². The van der Waals surface area contributed by atoms with Crippen LogP contribution in [0.4, 0.5) is 0 Å². The van der Waals surface area contributed by atoms with Gasteiger partial charge in [-0.15, -0.1) is 0 Å². The Bertz CT molecular complexity index is 385. The molecule has 0 spiro atoms. The van der Waals surface area contributed by atoms with Gasteiger partial charge in [0.2, 0.25) is 5.91 Å². The van der Waals surface area contributed by atoms with Gasteiger partial charge in [0.1, 0.15) is 0 Å². The molecule has 0 bridgehead atoms. The van der Waals surface area contributed by atoms with Crippen LogP contribution < -0.4 is 5.43 Å². The molecule has 0 aliphatic carbocycles. The first-order chi connectivity index (χ1) is 7.63. The molecule has 0 saturated carbocycles. The van der Waals surface area contributed by atoms with E-state index in [0.29, 0.717) is 11.4 Å². The van der Waals surface area contributed by atoms with Crippen LogP contribution in [0.15, 0.2) is 29.4 Å². The number of halogens is 1. The van der Waals surface area contributed by atoms with Gasteiger partial charge in [-0.2, -0.15) is 5.10 Å². The molecule has 0 fully saturated rings. The van der Waals surface area contributed by atoms with Crippen molar-refractivity contribution in [2.24, 2.45) is 5.10 Å². The van der Waals surface area contributed by atoms with Crippen LogP contribution in [-0.2, 0) is 4.79 Å². The Labute approximate surface area is 101 Å². The van der Waals surface area contributed by atoms with E-state index in [1.165, 1.54) is 0 Å². The first-order valence-corrected chi connectivity index (χ1v) is 5.60. The Morgan fingerprint density at radius 1 is 1.38 bits per heavy atom. The van der Waals surface area contributed by atoms with E-state index in [0.717, 1.165) is 17.7 Å². The van der Waals surface area contributed by atoms with Gasteiger partial charge in [-0.3, -0.25) is 4.79 Å². The van der Waals surface area contributed by atoms with Crippen LogP contribution >= 0.6 is 11.6 Å². The smallest absolute Gasteiger partial charge is 0.240 e. The zero-order valence-corrected chi connectivity index (χ0v) is 10.2. The minimum absolute atomic E-state index is 0.0594. The topological polar surface area (TPSA) is 41.5 Å². The van der Waals surface area contributed by atoms with Gasteiger partial charge in [0.15, 0.2) is 0 Å². The molecule has 0 aliphatic heterocycles. The minimum atomic E-state index is -0.0594. The summed E-state index contributed by atoms with van der Waals surface area (Å²) < 4.78 is 0. The predicted molar refractivity (Wildman–Crippen MR) is 66.7 cm³/mol. The van der Waals surface area contributed by atoms with Crippen LogP contribution in [0.5, 0.6) is 0 Å². The van der Waals surface area contributed by atoms with Gasteiger partial charge in [0.05, 0.1) is 5.71 Å². The molecule has 0 radical (unpaired) electrons. The van der Waals surface area contributed by atoms with Gasteiger partial charge >= 0.3 is 0 Å². The lowest BCUT2D eigenvalue weighted by atomic mass is 10.1. The van der Waals surface area contributed by atoms with Crippen molar-refractivity contribution in [3.8, 4) is 0 Å². The Hall–Kier alpha value is -1.35. The van der Waals surface area contributed by atoms with Gasteiger partial charge in [0, 0.05) is 11.4 Å². The number of rotatable bonds is 4. The molecular formula is C12H15ClN2O. The van der Waals surface area contributed by atoms with E-state index < -0.39 is 0 Å². The summed E-state index contributed by atoms with van der Waals surface area (Å²) in [5.41, 5.74) is 4.22. The fourth-order valence-corrected chi connectivity index (χ4v) is 1.31. The maximum Gasteiger partial charge on any atom is 0.240 e. The highest BCUT2D eigenvalue weighted by Crippen LogP contribution is 2.10. The maximum atomic E-state index is 11.2. The van der Waals surface area contributed by atoms with Crippen molar-refractivity contribution >= 4 is 23.2 Å². The Kier molecular flexibility index (Phi) is 4.99. The first-order valence-electron chi connectivity index (χ1n) is 5.22. The van der Waals surface area contributed by atoms with E-state index in [4.69, 9.17) is 11.6 Å². The van der Waals surface area contributed by atoms with Crippen molar-refractivity contribution < 1.29 is 4.79 Å². The molecule has 0 aromatic heterocycles. The number of carbonyl (C=O) groups is 1.